The summed E-state index contributed by atoms with van der Waals surface area (Å²) in [5, 5.41) is 14.0. The first-order chi connectivity index (χ1) is 12.9. The standard InChI is InChI=1S/C19H21N3O4S/c1-2-11-5-8-14-15(9-11)27-19(17(14)18(20)24)21-16(23)10-12-3-6-13(7-4-12)22(25)26/h3-4,6-7,11H,2,5,8-10H2,1H3,(H2,20,24)(H,21,23)/t11-/m1/s1. The molecule has 0 spiro atoms. The number of nitro benzene ring substituents is 1. The van der Waals surface area contributed by atoms with Crippen LogP contribution in [0, 0.1) is 16.0 Å². The van der Waals surface area contributed by atoms with Gasteiger partial charge in [-0.05, 0) is 36.3 Å². The van der Waals surface area contributed by atoms with E-state index in [4.69, 9.17) is 5.73 Å². The third-order valence-electron chi connectivity index (χ3n) is 4.96. The first-order valence-electron chi connectivity index (χ1n) is 8.86. The molecule has 7 nitrogen and oxygen atoms in total. The van der Waals surface area contributed by atoms with Crippen LogP contribution in [0.4, 0.5) is 10.7 Å². The molecule has 1 aliphatic carbocycles. The lowest BCUT2D eigenvalue weighted by Gasteiger charge is -2.20. The Morgan fingerprint density at radius 3 is 2.63 bits per heavy atom. The molecule has 3 N–H and O–H groups in total. The van der Waals surface area contributed by atoms with Crippen molar-refractivity contribution >= 4 is 33.8 Å². The van der Waals surface area contributed by atoms with Crippen LogP contribution in [0.5, 0.6) is 0 Å². The van der Waals surface area contributed by atoms with Gasteiger partial charge in [-0.2, -0.15) is 0 Å². The Hall–Kier alpha value is -2.74. The van der Waals surface area contributed by atoms with Gasteiger partial charge in [-0.25, -0.2) is 0 Å². The second-order valence-corrected chi connectivity index (χ2v) is 7.84. The van der Waals surface area contributed by atoms with Crippen molar-refractivity contribution < 1.29 is 14.5 Å². The van der Waals surface area contributed by atoms with E-state index in [-0.39, 0.29) is 18.0 Å². The summed E-state index contributed by atoms with van der Waals surface area (Å²) >= 11 is 1.43. The molecule has 0 aliphatic heterocycles. The fourth-order valence-corrected chi connectivity index (χ4v) is 4.83. The van der Waals surface area contributed by atoms with E-state index in [1.807, 2.05) is 0 Å². The second kappa shape index (κ2) is 7.87. The van der Waals surface area contributed by atoms with Crippen LogP contribution in [0.3, 0.4) is 0 Å². The Kier molecular flexibility index (Phi) is 5.55. The summed E-state index contributed by atoms with van der Waals surface area (Å²) < 4.78 is 0. The molecule has 3 rings (SSSR count). The number of primary amides is 1. The highest BCUT2D eigenvalue weighted by Crippen LogP contribution is 2.40. The minimum Gasteiger partial charge on any atom is -0.365 e. The zero-order chi connectivity index (χ0) is 19.6. The minimum atomic E-state index is -0.520. The van der Waals surface area contributed by atoms with E-state index in [1.165, 1.54) is 23.5 Å². The van der Waals surface area contributed by atoms with E-state index >= 15 is 0 Å². The Labute approximate surface area is 160 Å². The third kappa shape index (κ3) is 4.16. The minimum absolute atomic E-state index is 0.0217. The number of nitro groups is 1. The molecule has 8 heteroatoms. The van der Waals surface area contributed by atoms with Crippen molar-refractivity contribution in [3.05, 3.63) is 55.9 Å². The van der Waals surface area contributed by atoms with Gasteiger partial charge in [-0.1, -0.05) is 25.5 Å². The van der Waals surface area contributed by atoms with Crippen molar-refractivity contribution in [2.24, 2.45) is 11.7 Å². The molecule has 0 radical (unpaired) electrons. The molecule has 0 saturated heterocycles. The van der Waals surface area contributed by atoms with E-state index in [9.17, 15) is 19.7 Å². The van der Waals surface area contributed by atoms with Gasteiger partial charge < -0.3 is 11.1 Å². The van der Waals surface area contributed by atoms with Gasteiger partial charge in [-0.3, -0.25) is 19.7 Å². The van der Waals surface area contributed by atoms with Gasteiger partial charge >= 0.3 is 0 Å². The number of carbonyl (C=O) groups is 2. The third-order valence-corrected chi connectivity index (χ3v) is 6.13. The van der Waals surface area contributed by atoms with Crippen molar-refractivity contribution in [3.63, 3.8) is 0 Å². The summed E-state index contributed by atoms with van der Waals surface area (Å²) in [7, 11) is 0. The van der Waals surface area contributed by atoms with Gasteiger partial charge in [0.25, 0.3) is 11.6 Å². The molecule has 27 heavy (non-hydrogen) atoms. The number of non-ortho nitro benzene ring substituents is 1. The fourth-order valence-electron chi connectivity index (χ4n) is 3.44. The normalized spacial score (nSPS) is 15.8. The number of anilines is 1. The summed E-state index contributed by atoms with van der Waals surface area (Å²) in [5.41, 5.74) is 7.62. The van der Waals surface area contributed by atoms with Gasteiger partial charge in [0.1, 0.15) is 5.00 Å². The van der Waals surface area contributed by atoms with Crippen LogP contribution in [-0.2, 0) is 24.1 Å². The molecule has 142 valence electrons. The SMILES string of the molecule is CC[C@@H]1CCc2c(sc(NC(=O)Cc3ccc([N+](=O)[O-])cc3)c2C(N)=O)C1. The quantitative estimate of drug-likeness (QED) is 0.583. The number of fused-ring (bicyclic) bond motifs is 1. The molecular weight excluding hydrogens is 366 g/mol. The summed E-state index contributed by atoms with van der Waals surface area (Å²) in [5.74, 6) is -0.203. The summed E-state index contributed by atoms with van der Waals surface area (Å²) in [6, 6.07) is 5.84. The topological polar surface area (TPSA) is 115 Å². The number of thiophene rings is 1. The number of carbonyl (C=O) groups excluding carboxylic acids is 2. The molecule has 0 bridgehead atoms. The Morgan fingerprint density at radius 2 is 2.04 bits per heavy atom. The highest BCUT2D eigenvalue weighted by Gasteiger charge is 2.28. The van der Waals surface area contributed by atoms with Crippen molar-refractivity contribution in [3.8, 4) is 0 Å². The number of benzene rings is 1. The molecule has 2 aromatic rings. The average molecular weight is 387 g/mol. The molecule has 1 atom stereocenters. The van der Waals surface area contributed by atoms with E-state index in [0.717, 1.165) is 36.1 Å². The van der Waals surface area contributed by atoms with Crippen molar-refractivity contribution in [2.45, 2.75) is 39.0 Å². The van der Waals surface area contributed by atoms with E-state index in [1.54, 1.807) is 12.1 Å². The van der Waals surface area contributed by atoms with E-state index in [2.05, 4.69) is 12.2 Å². The Bertz CT molecular complexity index is 889. The van der Waals surface area contributed by atoms with E-state index < -0.39 is 10.8 Å². The highest BCUT2D eigenvalue weighted by molar-refractivity contribution is 7.17. The number of rotatable bonds is 6. The smallest absolute Gasteiger partial charge is 0.269 e. The highest BCUT2D eigenvalue weighted by atomic mass is 32.1. The maximum atomic E-state index is 12.4. The lowest BCUT2D eigenvalue weighted by molar-refractivity contribution is -0.384. The van der Waals surface area contributed by atoms with E-state index in [0.29, 0.717) is 22.0 Å². The lowest BCUT2D eigenvalue weighted by atomic mass is 9.85. The number of nitrogens with one attached hydrogen (secondary N) is 1. The van der Waals surface area contributed by atoms with Crippen molar-refractivity contribution in [1.29, 1.82) is 0 Å². The first-order valence-corrected chi connectivity index (χ1v) is 9.68. The molecule has 1 aliphatic rings. The second-order valence-electron chi connectivity index (χ2n) is 6.74. The van der Waals surface area contributed by atoms with Gasteiger partial charge in [0.05, 0.1) is 16.9 Å². The average Bonchev–Trinajstić information content (AvgIpc) is 2.98. The van der Waals surface area contributed by atoms with Crippen molar-refractivity contribution in [2.75, 3.05) is 5.32 Å². The summed E-state index contributed by atoms with van der Waals surface area (Å²) in [4.78, 5) is 35.7. The number of nitrogens with zero attached hydrogens (tertiary/aromatic N) is 1. The zero-order valence-corrected chi connectivity index (χ0v) is 15.8. The fraction of sp³-hybridized carbons (Fsp3) is 0.368. The summed E-state index contributed by atoms with van der Waals surface area (Å²) in [6.45, 7) is 2.16. The number of hydrogen-bond acceptors (Lipinski definition) is 5. The molecule has 1 aromatic carbocycles. The first kappa shape index (κ1) is 19.0. The number of hydrogen-bond donors (Lipinski definition) is 2. The maximum absolute atomic E-state index is 12.4. The van der Waals surface area contributed by atoms with Crippen LogP contribution >= 0.6 is 11.3 Å². The number of amides is 2. The molecule has 1 aromatic heterocycles. The largest absolute Gasteiger partial charge is 0.365 e. The van der Waals surface area contributed by atoms with Crippen LogP contribution in [0.25, 0.3) is 0 Å². The van der Waals surface area contributed by atoms with Gasteiger partial charge in [0, 0.05) is 17.0 Å². The Morgan fingerprint density at radius 1 is 1.33 bits per heavy atom. The summed E-state index contributed by atoms with van der Waals surface area (Å²) in [6.07, 6.45) is 3.90. The van der Waals surface area contributed by atoms with Crippen LogP contribution < -0.4 is 11.1 Å². The van der Waals surface area contributed by atoms with Crippen LogP contribution in [0.1, 0.15) is 46.1 Å². The van der Waals surface area contributed by atoms with Crippen molar-refractivity contribution in [1.82, 2.24) is 0 Å². The van der Waals surface area contributed by atoms with Crippen LogP contribution in [0.15, 0.2) is 24.3 Å². The number of nitrogens with two attached hydrogens (primary N) is 1. The monoisotopic (exact) mass is 387 g/mol. The predicted molar refractivity (Wildman–Crippen MR) is 104 cm³/mol. The Balaban J connectivity index is 1.76. The van der Waals surface area contributed by atoms with Gasteiger partial charge in [0.15, 0.2) is 0 Å². The molecule has 2 amide bonds. The van der Waals surface area contributed by atoms with Crippen LogP contribution in [-0.4, -0.2) is 16.7 Å². The predicted octanol–water partition coefficient (Wildman–Crippen LogP) is 3.45. The molecule has 0 unspecified atom stereocenters. The van der Waals surface area contributed by atoms with Gasteiger partial charge in [-0.15, -0.1) is 11.3 Å². The molecule has 0 saturated carbocycles. The van der Waals surface area contributed by atoms with Crippen LogP contribution in [0.2, 0.25) is 0 Å². The molecule has 1 heterocycles. The molecule has 0 fully saturated rings. The molecular formula is C19H21N3O4S. The van der Waals surface area contributed by atoms with Gasteiger partial charge in [0.2, 0.25) is 5.91 Å². The zero-order valence-electron chi connectivity index (χ0n) is 15.0. The maximum Gasteiger partial charge on any atom is 0.269 e. The lowest BCUT2D eigenvalue weighted by Crippen LogP contribution is -2.20.